The van der Waals surface area contributed by atoms with Gasteiger partial charge < -0.3 is 15.1 Å². The van der Waals surface area contributed by atoms with Crippen LogP contribution in [0.1, 0.15) is 82.8 Å². The SMILES string of the molecule is CCc1cc(C(=O)NC)ccc1/C(C)=C(\CC1CC(C)N(C(C)=O)C1)N1C=CC(C)=C/C1=C\C(C)C. The van der Waals surface area contributed by atoms with Crippen molar-refractivity contribution in [2.75, 3.05) is 13.6 Å². The van der Waals surface area contributed by atoms with Gasteiger partial charge in [0.25, 0.3) is 5.91 Å². The van der Waals surface area contributed by atoms with E-state index >= 15 is 0 Å². The number of likely N-dealkylation sites (tertiary alicyclic amines) is 1. The van der Waals surface area contributed by atoms with E-state index in [2.05, 4.69) is 82.3 Å². The lowest BCUT2D eigenvalue weighted by atomic mass is 9.90. The summed E-state index contributed by atoms with van der Waals surface area (Å²) in [5, 5.41) is 2.73. The molecule has 0 aliphatic carbocycles. The number of hydrogen-bond acceptors (Lipinski definition) is 3. The Balaban J connectivity index is 2.13. The van der Waals surface area contributed by atoms with Gasteiger partial charge in [-0.3, -0.25) is 9.59 Å². The van der Waals surface area contributed by atoms with Crippen LogP contribution in [-0.2, 0) is 11.2 Å². The second kappa shape index (κ2) is 11.8. The lowest BCUT2D eigenvalue weighted by Gasteiger charge is -2.32. The molecule has 1 aromatic rings. The Morgan fingerprint density at radius 2 is 1.94 bits per heavy atom. The first kappa shape index (κ1) is 27.5. The zero-order valence-electron chi connectivity index (χ0n) is 23.3. The minimum absolute atomic E-state index is 0.0656. The van der Waals surface area contributed by atoms with E-state index in [0.717, 1.165) is 25.8 Å². The number of hydrogen-bond donors (Lipinski definition) is 1. The topological polar surface area (TPSA) is 52.7 Å². The molecule has 5 heteroatoms. The average Bonchev–Trinajstić information content (AvgIpc) is 3.21. The van der Waals surface area contributed by atoms with E-state index in [9.17, 15) is 9.59 Å². The van der Waals surface area contributed by atoms with E-state index in [-0.39, 0.29) is 17.9 Å². The van der Waals surface area contributed by atoms with Crippen molar-refractivity contribution in [3.63, 3.8) is 0 Å². The zero-order chi connectivity index (χ0) is 26.6. The summed E-state index contributed by atoms with van der Waals surface area (Å²) in [7, 11) is 1.67. The highest BCUT2D eigenvalue weighted by molar-refractivity contribution is 5.94. The van der Waals surface area contributed by atoms with Crippen molar-refractivity contribution in [1.29, 1.82) is 0 Å². The van der Waals surface area contributed by atoms with E-state index in [1.165, 1.54) is 33.7 Å². The third kappa shape index (κ3) is 6.18. The predicted octanol–water partition coefficient (Wildman–Crippen LogP) is 6.30. The summed E-state index contributed by atoms with van der Waals surface area (Å²) >= 11 is 0. The Labute approximate surface area is 217 Å². The van der Waals surface area contributed by atoms with Crippen molar-refractivity contribution in [3.8, 4) is 0 Å². The summed E-state index contributed by atoms with van der Waals surface area (Å²) in [6.45, 7) is 15.5. The van der Waals surface area contributed by atoms with Crippen molar-refractivity contribution < 1.29 is 9.59 Å². The van der Waals surface area contributed by atoms with Crippen LogP contribution >= 0.6 is 0 Å². The van der Waals surface area contributed by atoms with Crippen LogP contribution in [0.25, 0.3) is 5.57 Å². The molecular formula is C31H43N3O2. The smallest absolute Gasteiger partial charge is 0.251 e. The van der Waals surface area contributed by atoms with E-state index < -0.39 is 0 Å². The van der Waals surface area contributed by atoms with Gasteiger partial charge >= 0.3 is 0 Å². The molecular weight excluding hydrogens is 446 g/mol. The molecule has 2 heterocycles. The maximum Gasteiger partial charge on any atom is 0.251 e. The van der Waals surface area contributed by atoms with Gasteiger partial charge in [-0.15, -0.1) is 0 Å². The molecule has 2 aliphatic rings. The molecule has 2 aliphatic heterocycles. The lowest BCUT2D eigenvalue weighted by Crippen LogP contribution is -2.31. The molecule has 1 N–H and O–H groups in total. The summed E-state index contributed by atoms with van der Waals surface area (Å²) in [6, 6.07) is 6.30. The zero-order valence-corrected chi connectivity index (χ0v) is 23.3. The van der Waals surface area contributed by atoms with E-state index in [4.69, 9.17) is 0 Å². The number of aryl methyl sites for hydroxylation is 1. The van der Waals surface area contributed by atoms with Crippen molar-refractivity contribution in [2.24, 2.45) is 11.8 Å². The number of carbonyl (C=O) groups excluding carboxylic acids is 2. The van der Waals surface area contributed by atoms with Crippen LogP contribution in [0.4, 0.5) is 0 Å². The summed E-state index contributed by atoms with van der Waals surface area (Å²) in [5.41, 5.74) is 7.93. The van der Waals surface area contributed by atoms with E-state index in [1.54, 1.807) is 14.0 Å². The lowest BCUT2D eigenvalue weighted by molar-refractivity contribution is -0.129. The van der Waals surface area contributed by atoms with Crippen LogP contribution in [0, 0.1) is 11.8 Å². The van der Waals surface area contributed by atoms with Crippen molar-refractivity contribution in [2.45, 2.75) is 73.8 Å². The van der Waals surface area contributed by atoms with E-state index in [1.807, 2.05) is 17.0 Å². The molecule has 0 spiro atoms. The summed E-state index contributed by atoms with van der Waals surface area (Å²) in [6.07, 6.45) is 11.6. The summed E-state index contributed by atoms with van der Waals surface area (Å²) in [5.74, 6) is 0.897. The van der Waals surface area contributed by atoms with Gasteiger partial charge in [0.1, 0.15) is 0 Å². The molecule has 194 valence electrons. The van der Waals surface area contributed by atoms with Crippen molar-refractivity contribution >= 4 is 17.4 Å². The quantitative estimate of drug-likeness (QED) is 0.489. The molecule has 2 atom stereocenters. The first-order chi connectivity index (χ1) is 17.0. The van der Waals surface area contributed by atoms with Gasteiger partial charge in [-0.05, 0) is 98.4 Å². The number of benzene rings is 1. The molecule has 2 amide bonds. The highest BCUT2D eigenvalue weighted by Crippen LogP contribution is 2.37. The molecule has 5 nitrogen and oxygen atoms in total. The largest absolute Gasteiger partial charge is 0.355 e. The molecule has 1 aromatic carbocycles. The molecule has 1 saturated heterocycles. The fourth-order valence-corrected chi connectivity index (χ4v) is 5.47. The second-order valence-corrected chi connectivity index (χ2v) is 10.6. The van der Waals surface area contributed by atoms with Gasteiger partial charge in [-0.1, -0.05) is 32.9 Å². The Bertz CT molecular complexity index is 1120. The monoisotopic (exact) mass is 489 g/mol. The van der Waals surface area contributed by atoms with Gasteiger partial charge in [0, 0.05) is 49.7 Å². The Kier molecular flexibility index (Phi) is 8.99. The Morgan fingerprint density at radius 3 is 2.53 bits per heavy atom. The molecule has 0 aromatic heterocycles. The van der Waals surface area contributed by atoms with Crippen molar-refractivity contribution in [3.05, 3.63) is 76.3 Å². The maximum atomic E-state index is 12.3. The number of nitrogens with one attached hydrogen (secondary N) is 1. The first-order valence-corrected chi connectivity index (χ1v) is 13.3. The van der Waals surface area contributed by atoms with Gasteiger partial charge in [0.05, 0.1) is 0 Å². The van der Waals surface area contributed by atoms with Gasteiger partial charge in [-0.25, -0.2) is 0 Å². The van der Waals surface area contributed by atoms with Crippen LogP contribution in [0.3, 0.4) is 0 Å². The van der Waals surface area contributed by atoms with Crippen LogP contribution in [-0.4, -0.2) is 41.2 Å². The third-order valence-corrected chi connectivity index (χ3v) is 7.30. The predicted molar refractivity (Wildman–Crippen MR) is 149 cm³/mol. The maximum absolute atomic E-state index is 12.3. The Morgan fingerprint density at radius 1 is 1.22 bits per heavy atom. The van der Waals surface area contributed by atoms with Gasteiger partial charge in [0.15, 0.2) is 0 Å². The highest BCUT2D eigenvalue weighted by Gasteiger charge is 2.33. The number of rotatable bonds is 7. The first-order valence-electron chi connectivity index (χ1n) is 13.3. The van der Waals surface area contributed by atoms with Crippen LogP contribution < -0.4 is 5.32 Å². The number of carbonyl (C=O) groups is 2. The summed E-state index contributed by atoms with van der Waals surface area (Å²) in [4.78, 5) is 28.8. The van der Waals surface area contributed by atoms with Crippen LogP contribution in [0.5, 0.6) is 0 Å². The normalized spacial score (nSPS) is 21.7. The number of amides is 2. The minimum Gasteiger partial charge on any atom is -0.355 e. The van der Waals surface area contributed by atoms with Crippen molar-refractivity contribution in [1.82, 2.24) is 15.1 Å². The van der Waals surface area contributed by atoms with Gasteiger partial charge in [0.2, 0.25) is 5.91 Å². The summed E-state index contributed by atoms with van der Waals surface area (Å²) < 4.78 is 0. The number of allylic oxidation sites excluding steroid dienone is 6. The molecule has 0 bridgehead atoms. The molecule has 2 unspecified atom stereocenters. The third-order valence-electron chi connectivity index (χ3n) is 7.30. The van der Waals surface area contributed by atoms with Crippen LogP contribution in [0.15, 0.2) is 59.6 Å². The second-order valence-electron chi connectivity index (χ2n) is 10.6. The average molecular weight is 490 g/mol. The molecule has 3 rings (SSSR count). The fraction of sp³-hybridized carbons (Fsp3) is 0.484. The van der Waals surface area contributed by atoms with E-state index in [0.29, 0.717) is 17.4 Å². The molecule has 0 saturated carbocycles. The fourth-order valence-electron chi connectivity index (χ4n) is 5.47. The van der Waals surface area contributed by atoms with Crippen LogP contribution in [0.2, 0.25) is 0 Å². The Hall–Kier alpha value is -3.08. The molecule has 36 heavy (non-hydrogen) atoms. The van der Waals surface area contributed by atoms with Gasteiger partial charge in [-0.2, -0.15) is 0 Å². The highest BCUT2D eigenvalue weighted by atomic mass is 16.2. The molecule has 1 fully saturated rings. The standard InChI is InChI=1S/C31H43N3O2/c1-9-26-18-27(31(36)32-8)10-11-29(26)23(6)30(17-25-16-22(5)34(19-25)24(7)35)33-13-12-21(4)15-28(33)14-20(2)3/h10-15,18,20,22,25H,9,16-17,19H2,1-8H3,(H,32,36)/b28-14+,30-23+. The minimum atomic E-state index is -0.0656. The molecule has 0 radical (unpaired) electrons. The number of nitrogens with zero attached hydrogens (tertiary/aromatic N) is 2.